The van der Waals surface area contributed by atoms with Gasteiger partial charge in [0.1, 0.15) is 11.4 Å². The second-order valence-corrected chi connectivity index (χ2v) is 9.85. The predicted octanol–water partition coefficient (Wildman–Crippen LogP) is 3.27. The Morgan fingerprint density at radius 2 is 1.78 bits per heavy atom. The van der Waals surface area contributed by atoms with Crippen molar-refractivity contribution < 1.29 is 9.59 Å². The monoisotopic (exact) mass is 499 g/mol. The minimum Gasteiger partial charge on any atom is -0.365 e. The van der Waals surface area contributed by atoms with Crippen LogP contribution in [0.1, 0.15) is 57.9 Å². The number of rotatable bonds is 6. The topological polar surface area (TPSA) is 130 Å². The van der Waals surface area contributed by atoms with E-state index in [9.17, 15) is 9.59 Å². The first-order valence-electron chi connectivity index (χ1n) is 12.9. The van der Waals surface area contributed by atoms with Crippen LogP contribution in [0, 0.1) is 0 Å². The number of amides is 2. The number of hydrogen-bond acceptors (Lipinski definition) is 7. The lowest BCUT2D eigenvalue weighted by Crippen LogP contribution is -2.43. The number of nitrogens with one attached hydrogen (secondary N) is 1. The van der Waals surface area contributed by atoms with Crippen molar-refractivity contribution >= 4 is 29.3 Å². The maximum Gasteiger partial charge on any atom is 0.254 e. The van der Waals surface area contributed by atoms with Gasteiger partial charge in [-0.15, -0.1) is 0 Å². The third kappa shape index (κ3) is 5.72. The van der Waals surface area contributed by atoms with Crippen LogP contribution in [0.2, 0.25) is 0 Å². The number of aromatic nitrogens is 2. The quantitative estimate of drug-likeness (QED) is 0.474. The molecule has 37 heavy (non-hydrogen) atoms. The summed E-state index contributed by atoms with van der Waals surface area (Å²) in [6.45, 7) is 2.88. The Labute approximate surface area is 216 Å². The van der Waals surface area contributed by atoms with Crippen molar-refractivity contribution in [3.63, 3.8) is 0 Å². The minimum absolute atomic E-state index is 0.00918. The van der Waals surface area contributed by atoms with Crippen molar-refractivity contribution in [2.75, 3.05) is 36.4 Å². The number of nitrogens with two attached hydrogens (primary N) is 2. The van der Waals surface area contributed by atoms with Crippen LogP contribution < -0.4 is 21.7 Å². The number of hydrogen-bond donors (Lipinski definition) is 3. The second-order valence-electron chi connectivity index (χ2n) is 9.85. The lowest BCUT2D eigenvalue weighted by Gasteiger charge is -2.33. The number of piperidine rings is 2. The van der Waals surface area contributed by atoms with Crippen LogP contribution in [0.4, 0.5) is 17.5 Å². The summed E-state index contributed by atoms with van der Waals surface area (Å²) < 4.78 is 0. The van der Waals surface area contributed by atoms with Crippen molar-refractivity contribution in [1.82, 2.24) is 14.9 Å². The van der Waals surface area contributed by atoms with Gasteiger partial charge in [-0.05, 0) is 49.4 Å². The van der Waals surface area contributed by atoms with Gasteiger partial charge in [0.05, 0.1) is 0 Å². The summed E-state index contributed by atoms with van der Waals surface area (Å²) in [7, 11) is 0. The van der Waals surface area contributed by atoms with Crippen LogP contribution in [0.5, 0.6) is 0 Å². The molecule has 0 bridgehead atoms. The summed E-state index contributed by atoms with van der Waals surface area (Å²) >= 11 is 0. The standard InChI is InChI=1S/C28H33N7O2/c29-22-11-6-14-35(18-22)28-31-16-24(25(30)36)26(33-28)32-23-12-4-9-20(15-23)27(37)34-13-5-10-21(17-34)19-7-2-1-3-8-19/h1-4,7-9,12,15-16,21-22H,5-6,10-11,13-14,17-18,29H2,(H2,30,36)(H,31,32,33). The molecule has 0 radical (unpaired) electrons. The van der Waals surface area contributed by atoms with Crippen molar-refractivity contribution in [2.24, 2.45) is 11.5 Å². The summed E-state index contributed by atoms with van der Waals surface area (Å²) in [5, 5.41) is 3.20. The number of carbonyl (C=O) groups is 2. The van der Waals surface area contributed by atoms with Gasteiger partial charge in [-0.3, -0.25) is 9.59 Å². The van der Waals surface area contributed by atoms with Gasteiger partial charge in [0.25, 0.3) is 11.8 Å². The van der Waals surface area contributed by atoms with Gasteiger partial charge in [-0.25, -0.2) is 4.98 Å². The third-order valence-corrected chi connectivity index (χ3v) is 7.13. The van der Waals surface area contributed by atoms with Crippen LogP contribution in [0.25, 0.3) is 0 Å². The highest BCUT2D eigenvalue weighted by atomic mass is 16.2. The predicted molar refractivity (Wildman–Crippen MR) is 144 cm³/mol. The zero-order valence-corrected chi connectivity index (χ0v) is 20.8. The van der Waals surface area contributed by atoms with E-state index >= 15 is 0 Å². The summed E-state index contributed by atoms with van der Waals surface area (Å²) in [5.74, 6) is 0.501. The Balaban J connectivity index is 1.35. The fraction of sp³-hybridized carbons (Fsp3) is 0.357. The molecule has 5 rings (SSSR count). The van der Waals surface area contributed by atoms with E-state index in [1.807, 2.05) is 46.2 Å². The SMILES string of the molecule is NC(=O)c1cnc(N2CCCC(N)C2)nc1Nc1cccc(C(=O)N2CCCC(c3ccccc3)C2)c1. The Bertz CT molecular complexity index is 1270. The van der Waals surface area contributed by atoms with E-state index in [2.05, 4.69) is 27.4 Å². The molecule has 3 aromatic rings. The van der Waals surface area contributed by atoms with Gasteiger partial charge < -0.3 is 26.6 Å². The first kappa shape index (κ1) is 24.7. The number of anilines is 3. The van der Waals surface area contributed by atoms with E-state index in [0.717, 1.165) is 38.8 Å². The molecule has 5 N–H and O–H groups in total. The Morgan fingerprint density at radius 1 is 0.973 bits per heavy atom. The van der Waals surface area contributed by atoms with E-state index < -0.39 is 5.91 Å². The molecule has 2 aromatic carbocycles. The molecule has 2 aliphatic heterocycles. The molecule has 0 saturated carbocycles. The molecule has 2 fully saturated rings. The minimum atomic E-state index is -0.628. The molecule has 3 heterocycles. The largest absolute Gasteiger partial charge is 0.365 e. The van der Waals surface area contributed by atoms with Crippen LogP contribution in [0.3, 0.4) is 0 Å². The fourth-order valence-corrected chi connectivity index (χ4v) is 5.20. The van der Waals surface area contributed by atoms with E-state index in [1.165, 1.54) is 11.8 Å². The highest BCUT2D eigenvalue weighted by molar-refractivity contribution is 5.99. The van der Waals surface area contributed by atoms with Crippen LogP contribution in [-0.2, 0) is 0 Å². The van der Waals surface area contributed by atoms with E-state index in [0.29, 0.717) is 42.0 Å². The maximum absolute atomic E-state index is 13.4. The molecule has 2 atom stereocenters. The Morgan fingerprint density at radius 3 is 2.57 bits per heavy atom. The molecule has 2 saturated heterocycles. The number of carbonyl (C=O) groups excluding carboxylic acids is 2. The van der Waals surface area contributed by atoms with Crippen molar-refractivity contribution in [1.29, 1.82) is 0 Å². The van der Waals surface area contributed by atoms with Gasteiger partial charge in [-0.1, -0.05) is 36.4 Å². The van der Waals surface area contributed by atoms with Crippen molar-refractivity contribution in [2.45, 2.75) is 37.6 Å². The van der Waals surface area contributed by atoms with Crippen LogP contribution >= 0.6 is 0 Å². The highest BCUT2D eigenvalue weighted by Crippen LogP contribution is 2.28. The first-order valence-corrected chi connectivity index (χ1v) is 12.9. The third-order valence-electron chi connectivity index (χ3n) is 7.13. The molecule has 192 valence electrons. The Kier molecular flexibility index (Phi) is 7.32. The zero-order valence-electron chi connectivity index (χ0n) is 20.8. The van der Waals surface area contributed by atoms with E-state index in [1.54, 1.807) is 6.07 Å². The molecule has 2 unspecified atom stereocenters. The average Bonchev–Trinajstić information content (AvgIpc) is 2.93. The number of nitrogens with zero attached hydrogens (tertiary/aromatic N) is 4. The summed E-state index contributed by atoms with van der Waals surface area (Å²) in [6.07, 6.45) is 5.40. The molecule has 1 aromatic heterocycles. The summed E-state index contributed by atoms with van der Waals surface area (Å²) in [5.41, 5.74) is 14.4. The summed E-state index contributed by atoms with van der Waals surface area (Å²) in [4.78, 5) is 38.4. The first-order chi connectivity index (χ1) is 18.0. The normalized spacial score (nSPS) is 19.9. The molecule has 2 amide bonds. The number of benzene rings is 2. The molecular formula is C28H33N7O2. The fourth-order valence-electron chi connectivity index (χ4n) is 5.20. The number of likely N-dealkylation sites (tertiary alicyclic amines) is 1. The second kappa shape index (κ2) is 11.0. The molecule has 9 nitrogen and oxygen atoms in total. The van der Waals surface area contributed by atoms with E-state index in [-0.39, 0.29) is 17.5 Å². The van der Waals surface area contributed by atoms with Gasteiger partial charge in [-0.2, -0.15) is 4.98 Å². The zero-order chi connectivity index (χ0) is 25.8. The summed E-state index contributed by atoms with van der Waals surface area (Å²) in [6, 6.07) is 17.7. The number of primary amides is 1. The van der Waals surface area contributed by atoms with Crippen LogP contribution in [0.15, 0.2) is 60.8 Å². The maximum atomic E-state index is 13.4. The van der Waals surface area contributed by atoms with Gasteiger partial charge >= 0.3 is 0 Å². The Hall–Kier alpha value is -3.98. The van der Waals surface area contributed by atoms with Crippen molar-refractivity contribution in [3.05, 3.63) is 77.5 Å². The lowest BCUT2D eigenvalue weighted by atomic mass is 9.90. The van der Waals surface area contributed by atoms with Gasteiger partial charge in [0, 0.05) is 55.6 Å². The molecule has 9 heteroatoms. The van der Waals surface area contributed by atoms with Crippen molar-refractivity contribution in [3.8, 4) is 0 Å². The highest BCUT2D eigenvalue weighted by Gasteiger charge is 2.26. The lowest BCUT2D eigenvalue weighted by molar-refractivity contribution is 0.0707. The van der Waals surface area contributed by atoms with E-state index in [4.69, 9.17) is 11.5 Å². The smallest absolute Gasteiger partial charge is 0.254 e. The molecule has 2 aliphatic rings. The average molecular weight is 500 g/mol. The van der Waals surface area contributed by atoms with Crippen LogP contribution in [-0.4, -0.2) is 58.9 Å². The molecule has 0 aliphatic carbocycles. The molecular weight excluding hydrogens is 466 g/mol. The van der Waals surface area contributed by atoms with Gasteiger partial charge in [0.15, 0.2) is 0 Å². The van der Waals surface area contributed by atoms with Gasteiger partial charge in [0.2, 0.25) is 5.95 Å². The molecule has 0 spiro atoms.